The highest BCUT2D eigenvalue weighted by Crippen LogP contribution is 2.30. The Morgan fingerprint density at radius 3 is 3.06 bits per heavy atom. The molecule has 0 atom stereocenters. The van der Waals surface area contributed by atoms with Crippen molar-refractivity contribution in [1.82, 2.24) is 15.2 Å². The first-order valence-corrected chi connectivity index (χ1v) is 5.67. The quantitative estimate of drug-likeness (QED) is 0.860. The zero-order valence-corrected chi connectivity index (χ0v) is 9.70. The summed E-state index contributed by atoms with van der Waals surface area (Å²) in [5.74, 6) is 0.706. The number of rotatable bonds is 4. The molecule has 0 radical (unpaired) electrons. The van der Waals surface area contributed by atoms with E-state index >= 15 is 0 Å². The summed E-state index contributed by atoms with van der Waals surface area (Å²) in [5.41, 5.74) is 6.38. The molecule has 84 valence electrons. The molecule has 2 N–H and O–H groups in total. The number of pyridine rings is 1. The fourth-order valence-electron chi connectivity index (χ4n) is 1.31. The Hall–Kier alpha value is -1.53. The lowest BCUT2D eigenvalue weighted by Gasteiger charge is -2.02. The van der Waals surface area contributed by atoms with Gasteiger partial charge in [0.2, 0.25) is 0 Å². The van der Waals surface area contributed by atoms with Crippen molar-refractivity contribution in [2.75, 3.05) is 13.7 Å². The number of methoxy groups -OCH3 is 1. The first-order chi connectivity index (χ1) is 7.85. The number of ether oxygens (including phenoxy) is 1. The van der Waals surface area contributed by atoms with Crippen LogP contribution in [0.1, 0.15) is 5.01 Å². The van der Waals surface area contributed by atoms with Crippen LogP contribution in [0.5, 0.6) is 5.75 Å². The van der Waals surface area contributed by atoms with Crippen molar-refractivity contribution in [3.05, 3.63) is 23.5 Å². The number of hydrogen-bond acceptors (Lipinski definition) is 6. The van der Waals surface area contributed by atoms with Crippen molar-refractivity contribution in [3.8, 4) is 16.3 Å². The largest absolute Gasteiger partial charge is 0.494 e. The van der Waals surface area contributed by atoms with Crippen molar-refractivity contribution in [2.45, 2.75) is 6.42 Å². The molecule has 0 aromatic carbocycles. The van der Waals surface area contributed by atoms with Crippen LogP contribution in [0.25, 0.3) is 10.6 Å². The summed E-state index contributed by atoms with van der Waals surface area (Å²) in [5, 5.41) is 9.97. The molecule has 0 saturated carbocycles. The van der Waals surface area contributed by atoms with Gasteiger partial charge in [0.05, 0.1) is 18.9 Å². The van der Waals surface area contributed by atoms with Crippen molar-refractivity contribution in [2.24, 2.45) is 5.73 Å². The summed E-state index contributed by atoms with van der Waals surface area (Å²) >= 11 is 1.53. The lowest BCUT2D eigenvalue weighted by atomic mass is 10.2. The molecule has 0 amide bonds. The molecular formula is C10H12N4OS. The third-order valence-corrected chi connectivity index (χ3v) is 3.08. The maximum absolute atomic E-state index is 5.47. The van der Waals surface area contributed by atoms with Crippen LogP contribution in [0, 0.1) is 0 Å². The van der Waals surface area contributed by atoms with E-state index in [4.69, 9.17) is 10.5 Å². The lowest BCUT2D eigenvalue weighted by Crippen LogP contribution is -2.01. The maximum atomic E-state index is 5.47. The van der Waals surface area contributed by atoms with E-state index in [-0.39, 0.29) is 0 Å². The topological polar surface area (TPSA) is 73.9 Å². The van der Waals surface area contributed by atoms with Crippen molar-refractivity contribution >= 4 is 11.3 Å². The smallest absolute Gasteiger partial charge is 0.151 e. The first-order valence-electron chi connectivity index (χ1n) is 4.86. The molecule has 0 fully saturated rings. The molecule has 5 nitrogen and oxygen atoms in total. The summed E-state index contributed by atoms with van der Waals surface area (Å²) in [4.78, 5) is 4.00. The van der Waals surface area contributed by atoms with Gasteiger partial charge in [-0.25, -0.2) is 0 Å². The van der Waals surface area contributed by atoms with Crippen LogP contribution in [0.15, 0.2) is 18.5 Å². The Morgan fingerprint density at radius 1 is 1.44 bits per heavy atom. The predicted octanol–water partition coefficient (Wildman–Crippen LogP) is 1.11. The Bertz CT molecular complexity index is 471. The van der Waals surface area contributed by atoms with Gasteiger partial charge < -0.3 is 10.5 Å². The number of hydrogen-bond donors (Lipinski definition) is 1. The fraction of sp³-hybridized carbons (Fsp3) is 0.300. The van der Waals surface area contributed by atoms with Crippen molar-refractivity contribution in [3.63, 3.8) is 0 Å². The van der Waals surface area contributed by atoms with Crippen LogP contribution in [0.2, 0.25) is 0 Å². The Balaban J connectivity index is 2.34. The fourth-order valence-corrected chi connectivity index (χ4v) is 2.19. The molecule has 2 aromatic rings. The molecule has 2 aromatic heterocycles. The SMILES string of the molecule is COc1cnccc1-c1nnc(CCN)s1. The zero-order chi connectivity index (χ0) is 11.4. The summed E-state index contributed by atoms with van der Waals surface area (Å²) in [6.45, 7) is 0.585. The van der Waals surface area contributed by atoms with Crippen LogP contribution in [0.4, 0.5) is 0 Å². The van der Waals surface area contributed by atoms with Crippen LogP contribution >= 0.6 is 11.3 Å². The normalized spacial score (nSPS) is 10.4. The number of nitrogens with zero attached hydrogens (tertiary/aromatic N) is 3. The molecule has 0 bridgehead atoms. The third kappa shape index (κ3) is 2.17. The number of aromatic nitrogens is 3. The van der Waals surface area contributed by atoms with Crippen LogP contribution in [0.3, 0.4) is 0 Å². The van der Waals surface area contributed by atoms with E-state index in [9.17, 15) is 0 Å². The summed E-state index contributed by atoms with van der Waals surface area (Å²) in [6.07, 6.45) is 4.13. The van der Waals surface area contributed by atoms with E-state index in [2.05, 4.69) is 15.2 Å². The second-order valence-electron chi connectivity index (χ2n) is 3.12. The standard InChI is InChI=1S/C10H12N4OS/c1-15-8-6-12-5-3-7(8)10-14-13-9(16-10)2-4-11/h3,5-6H,2,4,11H2,1H3. The molecule has 16 heavy (non-hydrogen) atoms. The molecule has 0 aliphatic carbocycles. The highest BCUT2D eigenvalue weighted by molar-refractivity contribution is 7.14. The third-order valence-electron chi connectivity index (χ3n) is 2.06. The van der Waals surface area contributed by atoms with Gasteiger partial charge in [-0.2, -0.15) is 0 Å². The van der Waals surface area contributed by atoms with E-state index in [0.29, 0.717) is 12.3 Å². The number of nitrogens with two attached hydrogens (primary N) is 1. The average molecular weight is 236 g/mol. The molecule has 6 heteroatoms. The summed E-state index contributed by atoms with van der Waals surface area (Å²) in [6, 6.07) is 1.87. The molecule has 0 saturated heterocycles. The minimum Gasteiger partial charge on any atom is -0.494 e. The van der Waals surface area contributed by atoms with E-state index in [1.807, 2.05) is 6.07 Å². The van der Waals surface area contributed by atoms with Gasteiger partial charge in [-0.1, -0.05) is 11.3 Å². The highest BCUT2D eigenvalue weighted by Gasteiger charge is 2.10. The van der Waals surface area contributed by atoms with Gasteiger partial charge >= 0.3 is 0 Å². The van der Waals surface area contributed by atoms with E-state index in [1.165, 1.54) is 11.3 Å². The Morgan fingerprint density at radius 2 is 2.31 bits per heavy atom. The summed E-state index contributed by atoms with van der Waals surface area (Å²) in [7, 11) is 1.61. The Labute approximate surface area is 97.3 Å². The second-order valence-corrected chi connectivity index (χ2v) is 4.18. The van der Waals surface area contributed by atoms with Gasteiger partial charge in [0.15, 0.2) is 5.01 Å². The minimum atomic E-state index is 0.585. The van der Waals surface area contributed by atoms with E-state index in [0.717, 1.165) is 22.0 Å². The second kappa shape index (κ2) is 5.00. The van der Waals surface area contributed by atoms with Gasteiger partial charge in [-0.3, -0.25) is 4.98 Å². The monoisotopic (exact) mass is 236 g/mol. The highest BCUT2D eigenvalue weighted by atomic mass is 32.1. The van der Waals surface area contributed by atoms with Crippen LogP contribution in [-0.4, -0.2) is 28.8 Å². The van der Waals surface area contributed by atoms with E-state index in [1.54, 1.807) is 19.5 Å². The molecule has 0 unspecified atom stereocenters. The van der Waals surface area contributed by atoms with Gasteiger partial charge in [-0.05, 0) is 12.6 Å². The molecule has 2 heterocycles. The predicted molar refractivity (Wildman–Crippen MR) is 62.5 cm³/mol. The maximum Gasteiger partial charge on any atom is 0.151 e. The van der Waals surface area contributed by atoms with Crippen molar-refractivity contribution < 1.29 is 4.74 Å². The molecule has 0 aliphatic heterocycles. The molecule has 2 rings (SSSR count). The van der Waals surface area contributed by atoms with Crippen LogP contribution < -0.4 is 10.5 Å². The average Bonchev–Trinajstić information content (AvgIpc) is 2.78. The molecule has 0 aliphatic rings. The van der Waals surface area contributed by atoms with Gasteiger partial charge in [0.1, 0.15) is 10.8 Å². The minimum absolute atomic E-state index is 0.585. The summed E-state index contributed by atoms with van der Waals surface area (Å²) < 4.78 is 5.22. The molecular weight excluding hydrogens is 224 g/mol. The Kier molecular flexibility index (Phi) is 3.43. The van der Waals surface area contributed by atoms with Gasteiger partial charge in [0, 0.05) is 12.6 Å². The first kappa shape index (κ1) is 11.0. The van der Waals surface area contributed by atoms with Gasteiger partial charge in [0.25, 0.3) is 0 Å². The van der Waals surface area contributed by atoms with Crippen LogP contribution in [-0.2, 0) is 6.42 Å². The van der Waals surface area contributed by atoms with Crippen molar-refractivity contribution in [1.29, 1.82) is 0 Å². The van der Waals surface area contributed by atoms with E-state index < -0.39 is 0 Å². The zero-order valence-electron chi connectivity index (χ0n) is 8.88. The lowest BCUT2D eigenvalue weighted by molar-refractivity contribution is 0.414. The van der Waals surface area contributed by atoms with Gasteiger partial charge in [-0.15, -0.1) is 10.2 Å². The molecule has 0 spiro atoms.